The molecule has 1 aliphatic heterocycles. The molecule has 3 aromatic carbocycles. The predicted molar refractivity (Wildman–Crippen MR) is 130 cm³/mol. The normalized spacial score (nSPS) is 13.5. The van der Waals surface area contributed by atoms with E-state index in [1.165, 1.54) is 18.2 Å². The van der Waals surface area contributed by atoms with E-state index in [2.05, 4.69) is 30.8 Å². The Bertz CT molecular complexity index is 1430. The highest BCUT2D eigenvalue weighted by Gasteiger charge is 2.14. The first kappa shape index (κ1) is 23.4. The zero-order valence-electron chi connectivity index (χ0n) is 18.9. The number of hydrogen-bond donors (Lipinski definition) is 3. The molecule has 0 unspecified atom stereocenters. The van der Waals surface area contributed by atoms with Gasteiger partial charge in [-0.2, -0.15) is 0 Å². The summed E-state index contributed by atoms with van der Waals surface area (Å²) in [5, 5.41) is 8.07. The lowest BCUT2D eigenvalue weighted by Crippen LogP contribution is -2.43. The molecular weight excluding hydrogens is 473 g/mol. The number of fused-ring (bicyclic) bond motifs is 1. The molecule has 0 atom stereocenters. The van der Waals surface area contributed by atoms with Crippen LogP contribution in [0.5, 0.6) is 11.5 Å². The zero-order chi connectivity index (χ0) is 25.1. The third kappa shape index (κ3) is 5.31. The molecule has 2 heterocycles. The first-order valence-corrected chi connectivity index (χ1v) is 11.2. The second-order valence-electron chi connectivity index (χ2n) is 8.07. The number of aromatic nitrogens is 2. The maximum atomic E-state index is 14.7. The number of benzene rings is 3. The molecule has 0 saturated carbocycles. The minimum absolute atomic E-state index is 0.0475. The van der Waals surface area contributed by atoms with Crippen LogP contribution >= 0.6 is 0 Å². The maximum Gasteiger partial charge on any atom is 0.323 e. The number of halogens is 3. The molecule has 0 bridgehead atoms. The van der Waals surface area contributed by atoms with E-state index in [1.807, 2.05) is 0 Å². The highest BCUT2D eigenvalue weighted by molar-refractivity contribution is 5.99. The molecule has 1 aliphatic rings. The average molecular weight is 494 g/mol. The lowest BCUT2D eigenvalue weighted by atomic mass is 10.2. The minimum Gasteiger partial charge on any atom is -0.454 e. The Hall–Kier alpha value is -4.38. The fraction of sp³-hybridized carbons (Fsp3) is 0.160. The van der Waals surface area contributed by atoms with Gasteiger partial charge in [-0.1, -0.05) is 0 Å². The number of carbonyl (C=O) groups excluding carboxylic acids is 1. The van der Waals surface area contributed by atoms with Crippen molar-refractivity contribution in [2.45, 2.75) is 0 Å². The fourth-order valence-corrected chi connectivity index (χ4v) is 3.75. The van der Waals surface area contributed by atoms with Crippen molar-refractivity contribution in [3.05, 3.63) is 78.2 Å². The van der Waals surface area contributed by atoms with Gasteiger partial charge in [0.2, 0.25) is 0 Å². The first-order valence-electron chi connectivity index (χ1n) is 11.2. The number of nitrogens with one attached hydrogen (secondary N) is 3. The highest BCUT2D eigenvalue weighted by atomic mass is 19.2. The van der Waals surface area contributed by atoms with Crippen LogP contribution < -0.4 is 25.6 Å². The van der Waals surface area contributed by atoms with E-state index in [-0.39, 0.29) is 17.1 Å². The standard InChI is InChI=1S/C25H21F3N6O2/c26-18-4-1-15(11-19(18)27)31-25(35)32-16-2-6-23(20(28)12-16)36-17-3-5-21-22(13-17)33-24(14-30-21)34-9-7-29-8-10-34/h1-6,11-14,29H,7-10H2,(H2,31,32,35). The Labute approximate surface area is 204 Å². The fourth-order valence-electron chi connectivity index (χ4n) is 3.75. The van der Waals surface area contributed by atoms with Crippen molar-refractivity contribution in [3.8, 4) is 11.5 Å². The van der Waals surface area contributed by atoms with Crippen LogP contribution in [-0.4, -0.2) is 42.2 Å². The summed E-state index contributed by atoms with van der Waals surface area (Å²) < 4.78 is 46.7. The van der Waals surface area contributed by atoms with Crippen molar-refractivity contribution in [2.75, 3.05) is 41.7 Å². The number of hydrogen-bond acceptors (Lipinski definition) is 6. The van der Waals surface area contributed by atoms with Crippen molar-refractivity contribution in [1.82, 2.24) is 15.3 Å². The summed E-state index contributed by atoms with van der Waals surface area (Å²) in [6.07, 6.45) is 1.74. The molecule has 4 aromatic rings. The van der Waals surface area contributed by atoms with Crippen LogP contribution in [0.1, 0.15) is 0 Å². The van der Waals surface area contributed by atoms with Gasteiger partial charge in [-0.15, -0.1) is 0 Å². The Balaban J connectivity index is 1.27. The molecule has 1 aromatic heterocycles. The van der Waals surface area contributed by atoms with E-state index in [1.54, 1.807) is 24.4 Å². The number of urea groups is 1. The van der Waals surface area contributed by atoms with E-state index >= 15 is 0 Å². The van der Waals surface area contributed by atoms with Crippen molar-refractivity contribution in [3.63, 3.8) is 0 Å². The molecule has 11 heteroatoms. The van der Waals surface area contributed by atoms with Crippen LogP contribution in [0, 0.1) is 17.5 Å². The van der Waals surface area contributed by atoms with Gasteiger partial charge in [-0.05, 0) is 36.4 Å². The number of anilines is 3. The quantitative estimate of drug-likeness (QED) is 0.366. The SMILES string of the molecule is O=C(Nc1ccc(F)c(F)c1)Nc1ccc(Oc2ccc3ncc(N4CCNCC4)nc3c2)c(F)c1. The van der Waals surface area contributed by atoms with E-state index in [0.717, 1.165) is 50.2 Å². The van der Waals surface area contributed by atoms with Gasteiger partial charge in [0, 0.05) is 55.8 Å². The molecule has 5 rings (SSSR count). The molecule has 1 fully saturated rings. The molecule has 0 aliphatic carbocycles. The lowest BCUT2D eigenvalue weighted by Gasteiger charge is -2.28. The van der Waals surface area contributed by atoms with Gasteiger partial charge in [0.25, 0.3) is 0 Å². The van der Waals surface area contributed by atoms with Crippen molar-refractivity contribution >= 4 is 34.3 Å². The molecule has 0 radical (unpaired) electrons. The molecular formula is C25H21F3N6O2. The number of piperazine rings is 1. The van der Waals surface area contributed by atoms with E-state index in [9.17, 15) is 18.0 Å². The molecule has 0 spiro atoms. The minimum atomic E-state index is -1.10. The van der Waals surface area contributed by atoms with Gasteiger partial charge < -0.3 is 25.6 Å². The summed E-state index contributed by atoms with van der Waals surface area (Å²) in [6, 6.07) is 11.2. The topological polar surface area (TPSA) is 91.4 Å². The molecule has 184 valence electrons. The highest BCUT2D eigenvalue weighted by Crippen LogP contribution is 2.29. The van der Waals surface area contributed by atoms with Gasteiger partial charge >= 0.3 is 6.03 Å². The largest absolute Gasteiger partial charge is 0.454 e. The van der Waals surface area contributed by atoms with E-state index < -0.39 is 23.5 Å². The van der Waals surface area contributed by atoms with Gasteiger partial charge in [-0.3, -0.25) is 4.98 Å². The van der Waals surface area contributed by atoms with Crippen molar-refractivity contribution in [2.24, 2.45) is 0 Å². The van der Waals surface area contributed by atoms with Gasteiger partial charge in [-0.25, -0.2) is 22.9 Å². The smallest absolute Gasteiger partial charge is 0.323 e. The number of ether oxygens (including phenoxy) is 1. The van der Waals surface area contributed by atoms with E-state index in [0.29, 0.717) is 16.8 Å². The number of amides is 2. The second-order valence-corrected chi connectivity index (χ2v) is 8.07. The summed E-state index contributed by atoms with van der Waals surface area (Å²) >= 11 is 0. The monoisotopic (exact) mass is 494 g/mol. The Kier molecular flexibility index (Phi) is 6.54. The first-order chi connectivity index (χ1) is 17.4. The van der Waals surface area contributed by atoms with Crippen LogP contribution in [-0.2, 0) is 0 Å². The average Bonchev–Trinajstić information content (AvgIpc) is 2.88. The van der Waals surface area contributed by atoms with Crippen LogP contribution in [0.4, 0.5) is 35.2 Å². The summed E-state index contributed by atoms with van der Waals surface area (Å²) in [5.74, 6) is -1.74. The summed E-state index contributed by atoms with van der Waals surface area (Å²) in [4.78, 5) is 23.4. The van der Waals surface area contributed by atoms with Crippen LogP contribution in [0.3, 0.4) is 0 Å². The van der Waals surface area contributed by atoms with Crippen LogP contribution in [0.15, 0.2) is 60.8 Å². The summed E-state index contributed by atoms with van der Waals surface area (Å²) in [5.41, 5.74) is 1.50. The number of nitrogens with zero attached hydrogens (tertiary/aromatic N) is 3. The van der Waals surface area contributed by atoms with Gasteiger partial charge in [0.1, 0.15) is 11.6 Å². The van der Waals surface area contributed by atoms with E-state index in [4.69, 9.17) is 4.74 Å². The summed E-state index contributed by atoms with van der Waals surface area (Å²) in [6.45, 7) is 3.42. The molecule has 8 nitrogen and oxygen atoms in total. The maximum absolute atomic E-state index is 14.7. The summed E-state index contributed by atoms with van der Waals surface area (Å²) in [7, 11) is 0. The molecule has 2 amide bonds. The molecule has 36 heavy (non-hydrogen) atoms. The Morgan fingerprint density at radius 2 is 1.58 bits per heavy atom. The van der Waals surface area contributed by atoms with Crippen molar-refractivity contribution < 1.29 is 22.7 Å². The van der Waals surface area contributed by atoms with Crippen molar-refractivity contribution in [1.29, 1.82) is 0 Å². The number of rotatable bonds is 5. The number of carbonyl (C=O) groups is 1. The third-order valence-electron chi connectivity index (χ3n) is 5.54. The van der Waals surface area contributed by atoms with Gasteiger partial charge in [0.05, 0.1) is 17.2 Å². The second kappa shape index (κ2) is 10.1. The third-order valence-corrected chi connectivity index (χ3v) is 5.54. The van der Waals surface area contributed by atoms with Crippen LogP contribution in [0.25, 0.3) is 11.0 Å². The Morgan fingerprint density at radius 3 is 2.31 bits per heavy atom. The van der Waals surface area contributed by atoms with Gasteiger partial charge in [0.15, 0.2) is 23.2 Å². The van der Waals surface area contributed by atoms with Crippen LogP contribution in [0.2, 0.25) is 0 Å². The zero-order valence-corrected chi connectivity index (χ0v) is 18.9. The molecule has 3 N–H and O–H groups in total. The lowest BCUT2D eigenvalue weighted by molar-refractivity contribution is 0.262. The molecule has 1 saturated heterocycles. The Morgan fingerprint density at radius 1 is 0.861 bits per heavy atom. The predicted octanol–water partition coefficient (Wildman–Crippen LogP) is 4.89.